The minimum absolute atomic E-state index is 0.0229. The largest absolute Gasteiger partial charge is 0.480 e. The van der Waals surface area contributed by atoms with Crippen LogP contribution in [0, 0.1) is 0 Å². The fourth-order valence-electron chi connectivity index (χ4n) is 7.72. The minimum Gasteiger partial charge on any atom is -0.480 e. The van der Waals surface area contributed by atoms with E-state index in [-0.39, 0.29) is 13.0 Å². The fraction of sp³-hybridized carbons (Fsp3) is 0.922. The number of phosphoric ester groups is 1. The number of carboxylic acids is 1. The van der Waals surface area contributed by atoms with Crippen LogP contribution in [0.4, 0.5) is 0 Å². The van der Waals surface area contributed by atoms with Gasteiger partial charge < -0.3 is 25.2 Å². The van der Waals surface area contributed by atoms with Crippen LogP contribution in [-0.2, 0) is 32.7 Å². The van der Waals surface area contributed by atoms with Crippen molar-refractivity contribution in [2.45, 2.75) is 276 Å². The molecule has 0 fully saturated rings. The predicted molar refractivity (Wildman–Crippen MR) is 259 cm³/mol. The van der Waals surface area contributed by atoms with E-state index in [4.69, 9.17) is 29.4 Å². The zero-order chi connectivity index (χ0) is 45.5. The molecule has 0 heterocycles. The van der Waals surface area contributed by atoms with Crippen molar-refractivity contribution in [1.29, 1.82) is 0 Å². The quantitative estimate of drug-likeness (QED) is 0.0233. The average Bonchev–Trinajstić information content (AvgIpc) is 3.25. The smallest absolute Gasteiger partial charge is 0.472 e. The molecule has 0 aliphatic rings. The molecule has 11 heteroatoms. The molecule has 10 nitrogen and oxygen atoms in total. The van der Waals surface area contributed by atoms with Gasteiger partial charge in [-0.25, -0.2) is 4.57 Å². The normalized spacial score (nSPS) is 13.7. The van der Waals surface area contributed by atoms with E-state index in [1.807, 2.05) is 0 Å². The van der Waals surface area contributed by atoms with Gasteiger partial charge in [0.1, 0.15) is 12.1 Å². The molecule has 0 aromatic rings. The molecule has 0 saturated carbocycles. The minimum atomic E-state index is -4.62. The van der Waals surface area contributed by atoms with Crippen LogP contribution in [0.5, 0.6) is 0 Å². The van der Waals surface area contributed by atoms with Crippen LogP contribution in [0.3, 0.4) is 0 Å². The van der Waals surface area contributed by atoms with Crippen LogP contribution in [0.15, 0.2) is 12.2 Å². The van der Waals surface area contributed by atoms with Gasteiger partial charge in [-0.2, -0.15) is 0 Å². The van der Waals surface area contributed by atoms with Gasteiger partial charge in [-0.15, -0.1) is 0 Å². The number of aliphatic carboxylic acids is 1. The molecule has 0 aliphatic heterocycles. The number of ether oxygens (including phenoxy) is 2. The van der Waals surface area contributed by atoms with Crippen LogP contribution in [0.2, 0.25) is 0 Å². The van der Waals surface area contributed by atoms with E-state index in [2.05, 4.69) is 26.0 Å². The zero-order valence-electron chi connectivity index (χ0n) is 40.5. The molecule has 368 valence electrons. The Balaban J connectivity index is 4.08. The molecular weight excluding hydrogens is 802 g/mol. The molecule has 0 bridgehead atoms. The number of nitrogens with two attached hydrogens (primary N) is 1. The van der Waals surface area contributed by atoms with E-state index in [0.717, 1.165) is 38.5 Å². The fourth-order valence-corrected chi connectivity index (χ4v) is 8.50. The zero-order valence-corrected chi connectivity index (χ0v) is 41.4. The maximum absolute atomic E-state index is 12.7. The molecule has 4 N–H and O–H groups in total. The first-order chi connectivity index (χ1) is 30.2. The summed E-state index contributed by atoms with van der Waals surface area (Å²) in [5.74, 6) is -1.77. The van der Waals surface area contributed by atoms with Gasteiger partial charge in [0, 0.05) is 13.0 Å². The van der Waals surface area contributed by atoms with Crippen LogP contribution in [0.25, 0.3) is 0 Å². The summed E-state index contributed by atoms with van der Waals surface area (Å²) in [6, 6.07) is -1.47. The molecule has 0 amide bonds. The number of hydrogen-bond donors (Lipinski definition) is 3. The van der Waals surface area contributed by atoms with E-state index in [1.54, 1.807) is 0 Å². The number of phosphoric acid groups is 1. The third kappa shape index (κ3) is 46.7. The molecule has 0 radical (unpaired) electrons. The highest BCUT2D eigenvalue weighted by Gasteiger charge is 2.27. The molecule has 0 spiro atoms. The van der Waals surface area contributed by atoms with Gasteiger partial charge in [-0.1, -0.05) is 231 Å². The summed E-state index contributed by atoms with van der Waals surface area (Å²) in [7, 11) is -4.62. The van der Waals surface area contributed by atoms with E-state index in [9.17, 15) is 19.0 Å². The van der Waals surface area contributed by atoms with E-state index >= 15 is 0 Å². The summed E-state index contributed by atoms with van der Waals surface area (Å²) in [6.45, 7) is 3.94. The van der Waals surface area contributed by atoms with Crippen molar-refractivity contribution in [3.8, 4) is 0 Å². The molecule has 0 aromatic carbocycles. The number of hydrogen-bond acceptors (Lipinski definition) is 8. The number of unbranched alkanes of at least 4 members (excludes halogenated alkanes) is 35. The summed E-state index contributed by atoms with van der Waals surface area (Å²) < 4.78 is 33.5. The van der Waals surface area contributed by atoms with Crippen LogP contribution in [-0.4, -0.2) is 60.5 Å². The Morgan fingerprint density at radius 3 is 1.23 bits per heavy atom. The average molecular weight is 902 g/mol. The van der Waals surface area contributed by atoms with Gasteiger partial charge in [0.15, 0.2) is 0 Å². The van der Waals surface area contributed by atoms with Crippen molar-refractivity contribution in [3.05, 3.63) is 12.2 Å². The van der Waals surface area contributed by atoms with Gasteiger partial charge in [-0.05, 0) is 38.5 Å². The van der Waals surface area contributed by atoms with Gasteiger partial charge in [0.05, 0.1) is 19.8 Å². The molecule has 0 aliphatic carbocycles. The Hall–Kier alpha value is -1.29. The number of allylic oxidation sites excluding steroid dienone is 2. The van der Waals surface area contributed by atoms with Crippen LogP contribution < -0.4 is 5.73 Å². The highest BCUT2D eigenvalue weighted by atomic mass is 31.2. The Labute approximate surface area is 382 Å². The highest BCUT2D eigenvalue weighted by molar-refractivity contribution is 7.47. The monoisotopic (exact) mass is 902 g/mol. The maximum Gasteiger partial charge on any atom is 0.472 e. The van der Waals surface area contributed by atoms with Crippen molar-refractivity contribution < 1.29 is 42.7 Å². The second-order valence-electron chi connectivity index (χ2n) is 18.0. The molecule has 0 aromatic heterocycles. The van der Waals surface area contributed by atoms with Crippen molar-refractivity contribution in [2.75, 3.05) is 26.4 Å². The van der Waals surface area contributed by atoms with Crippen molar-refractivity contribution in [2.24, 2.45) is 5.73 Å². The third-order valence-electron chi connectivity index (χ3n) is 11.8. The van der Waals surface area contributed by atoms with Crippen LogP contribution >= 0.6 is 7.82 Å². The summed E-state index contributed by atoms with van der Waals surface area (Å²) in [5.41, 5.74) is 5.38. The lowest BCUT2D eigenvalue weighted by Crippen LogP contribution is -2.34. The summed E-state index contributed by atoms with van der Waals surface area (Å²) in [4.78, 5) is 33.7. The number of carbonyl (C=O) groups is 2. The molecular formula is C51H100NO9P. The Bertz CT molecular complexity index is 1040. The molecule has 0 saturated heterocycles. The number of carboxylic acid groups (broad SMARTS) is 1. The molecule has 3 unspecified atom stereocenters. The van der Waals surface area contributed by atoms with Crippen molar-refractivity contribution >= 4 is 19.8 Å². The molecule has 3 atom stereocenters. The van der Waals surface area contributed by atoms with E-state index in [1.165, 1.54) is 199 Å². The topological polar surface area (TPSA) is 155 Å². The summed E-state index contributed by atoms with van der Waals surface area (Å²) in [6.07, 6.45) is 52.7. The van der Waals surface area contributed by atoms with Crippen molar-refractivity contribution in [1.82, 2.24) is 0 Å². The summed E-state index contributed by atoms with van der Waals surface area (Å²) in [5, 5.41) is 8.93. The van der Waals surface area contributed by atoms with Gasteiger partial charge >= 0.3 is 19.8 Å². The first-order valence-corrected chi connectivity index (χ1v) is 27.7. The van der Waals surface area contributed by atoms with Gasteiger partial charge in [-0.3, -0.25) is 18.6 Å². The first-order valence-electron chi connectivity index (χ1n) is 26.2. The standard InChI is InChI=1S/C51H100NO9P/c1-3-5-7-9-11-13-15-17-19-21-23-24-26-28-30-32-34-36-38-40-42-44-58-45-48(46-59-62(56,57)60-47-49(52)51(54)55)61-50(53)43-41-39-37-35-33-31-29-27-25-22-20-18-16-14-12-10-8-6-4-2/h18,20,48-49H,3-17,19,21-47,52H2,1-2H3,(H,54,55)(H,56,57)/b20-18-. The summed E-state index contributed by atoms with van der Waals surface area (Å²) >= 11 is 0. The predicted octanol–water partition coefficient (Wildman–Crippen LogP) is 15.3. The Morgan fingerprint density at radius 1 is 0.500 bits per heavy atom. The maximum atomic E-state index is 12.7. The van der Waals surface area contributed by atoms with E-state index < -0.39 is 45.1 Å². The SMILES string of the molecule is CCCCCCCC/C=C\CCCCCCCCCCCC(=O)OC(COCCCCCCCCCCCCCCCCCCCCCCC)COP(=O)(O)OCC(N)C(=O)O. The van der Waals surface area contributed by atoms with Crippen molar-refractivity contribution in [3.63, 3.8) is 0 Å². The number of carbonyl (C=O) groups excluding carboxylic acids is 1. The first kappa shape index (κ1) is 60.7. The molecule has 0 rings (SSSR count). The number of rotatable bonds is 51. The van der Waals surface area contributed by atoms with Gasteiger partial charge in [0.25, 0.3) is 0 Å². The Morgan fingerprint density at radius 2 is 0.839 bits per heavy atom. The van der Waals surface area contributed by atoms with Gasteiger partial charge in [0.2, 0.25) is 0 Å². The highest BCUT2D eigenvalue weighted by Crippen LogP contribution is 2.43. The lowest BCUT2D eigenvalue weighted by atomic mass is 10.0. The Kier molecular flexibility index (Phi) is 46.7. The third-order valence-corrected chi connectivity index (χ3v) is 12.7. The second kappa shape index (κ2) is 47.7. The lowest BCUT2D eigenvalue weighted by Gasteiger charge is -2.20. The number of esters is 1. The van der Waals surface area contributed by atoms with E-state index in [0.29, 0.717) is 13.0 Å². The van der Waals surface area contributed by atoms with Crippen LogP contribution in [0.1, 0.15) is 264 Å². The lowest BCUT2D eigenvalue weighted by molar-refractivity contribution is -0.154. The molecule has 62 heavy (non-hydrogen) atoms. The second-order valence-corrected chi connectivity index (χ2v) is 19.5.